The molecule has 25 heavy (non-hydrogen) atoms. The molecule has 1 saturated heterocycles. The molecule has 1 fully saturated rings. The second kappa shape index (κ2) is 6.55. The number of nitrogens with one attached hydrogen (secondary N) is 2. The van der Waals surface area contributed by atoms with Gasteiger partial charge in [-0.25, -0.2) is 0 Å². The van der Waals surface area contributed by atoms with Crippen LogP contribution in [0.5, 0.6) is 11.5 Å². The minimum atomic E-state index is -0.617. The first-order valence-electron chi connectivity index (χ1n) is 8.13. The van der Waals surface area contributed by atoms with Crippen molar-refractivity contribution in [3.63, 3.8) is 0 Å². The fourth-order valence-electron chi connectivity index (χ4n) is 2.86. The Bertz CT molecular complexity index is 726. The van der Waals surface area contributed by atoms with E-state index in [1.807, 2.05) is 39.0 Å². The highest BCUT2D eigenvalue weighted by Crippen LogP contribution is 2.37. The molecule has 2 aliphatic heterocycles. The van der Waals surface area contributed by atoms with Crippen molar-refractivity contribution in [3.05, 3.63) is 36.0 Å². The molecule has 2 aliphatic rings. The molecular weight excluding hydrogens is 340 g/mol. The number of rotatable bonds is 2. The lowest BCUT2D eigenvalue weighted by atomic mass is 9.88. The maximum absolute atomic E-state index is 12.7. The van der Waals surface area contributed by atoms with Crippen molar-refractivity contribution in [1.29, 1.82) is 0 Å². The second-order valence-corrected chi connectivity index (χ2v) is 7.42. The third-order valence-electron chi connectivity index (χ3n) is 3.86. The van der Waals surface area contributed by atoms with Gasteiger partial charge in [-0.05, 0) is 50.7 Å². The topological polar surface area (TPSA) is 68.8 Å². The first-order chi connectivity index (χ1) is 11.7. The van der Waals surface area contributed by atoms with Crippen molar-refractivity contribution in [1.82, 2.24) is 10.6 Å². The van der Waals surface area contributed by atoms with Crippen LogP contribution in [0.2, 0.25) is 0 Å². The number of carbonyl (C=O) groups is 1. The Balaban J connectivity index is 1.93. The number of hydrogen-bond donors (Lipinski definition) is 2. The van der Waals surface area contributed by atoms with Gasteiger partial charge >= 0.3 is 5.97 Å². The maximum Gasteiger partial charge on any atom is 0.317 e. The number of hydrogen-bond acceptors (Lipinski definition) is 5. The summed E-state index contributed by atoms with van der Waals surface area (Å²) < 4.78 is 16.8. The van der Waals surface area contributed by atoms with Gasteiger partial charge in [-0.2, -0.15) is 0 Å². The quantitative estimate of drug-likeness (QED) is 0.619. The van der Waals surface area contributed by atoms with Crippen LogP contribution in [0.25, 0.3) is 0 Å². The molecule has 2 heterocycles. The van der Waals surface area contributed by atoms with Gasteiger partial charge in [0.1, 0.15) is 24.7 Å². The standard InChI is InChI=1S/C18H22N2O4S/c1-10-14(16(21)24-18(2,3)4)15(20-17(25)19-10)11-5-6-12-13(9-11)23-8-7-22-12/h5-6,9,14-15H,1,7-8H2,2-4H3,(H2,19,20,25)/t14-,15-/m1/s1. The van der Waals surface area contributed by atoms with Crippen LogP contribution < -0.4 is 20.1 Å². The average molecular weight is 362 g/mol. The zero-order valence-electron chi connectivity index (χ0n) is 14.5. The van der Waals surface area contributed by atoms with Crippen LogP contribution in [0.15, 0.2) is 30.5 Å². The smallest absolute Gasteiger partial charge is 0.317 e. The summed E-state index contributed by atoms with van der Waals surface area (Å²) in [6.45, 7) is 10.5. The molecule has 6 nitrogen and oxygen atoms in total. The molecule has 0 unspecified atom stereocenters. The monoisotopic (exact) mass is 362 g/mol. The summed E-state index contributed by atoms with van der Waals surface area (Å²) in [7, 11) is 0. The summed E-state index contributed by atoms with van der Waals surface area (Å²) in [6, 6.07) is 5.20. The minimum Gasteiger partial charge on any atom is -0.486 e. The van der Waals surface area contributed by atoms with Crippen LogP contribution >= 0.6 is 12.2 Å². The van der Waals surface area contributed by atoms with E-state index in [4.69, 9.17) is 26.4 Å². The molecule has 1 aromatic rings. The van der Waals surface area contributed by atoms with E-state index in [-0.39, 0.29) is 5.97 Å². The Kier molecular flexibility index (Phi) is 4.60. The molecule has 0 amide bonds. The van der Waals surface area contributed by atoms with E-state index in [9.17, 15) is 4.79 Å². The van der Waals surface area contributed by atoms with Crippen molar-refractivity contribution < 1.29 is 19.0 Å². The SMILES string of the molecule is C=C1NC(=S)N[C@H](c2ccc3c(c2)OCCO3)[C@@H]1C(=O)OC(C)(C)C. The summed E-state index contributed by atoms with van der Waals surface area (Å²) in [5.74, 6) is 0.371. The summed E-state index contributed by atoms with van der Waals surface area (Å²) >= 11 is 5.24. The minimum absolute atomic E-state index is 0.361. The van der Waals surface area contributed by atoms with Crippen molar-refractivity contribution in [2.45, 2.75) is 32.4 Å². The van der Waals surface area contributed by atoms with Crippen molar-refractivity contribution >= 4 is 23.3 Å². The van der Waals surface area contributed by atoms with Gasteiger partial charge in [0, 0.05) is 5.70 Å². The predicted molar refractivity (Wildman–Crippen MR) is 97.5 cm³/mol. The third kappa shape index (κ3) is 3.87. The number of carbonyl (C=O) groups excluding carboxylic acids is 1. The highest BCUT2D eigenvalue weighted by molar-refractivity contribution is 7.80. The normalized spacial score (nSPS) is 22.7. The molecule has 3 rings (SSSR count). The molecule has 7 heteroatoms. The van der Waals surface area contributed by atoms with Gasteiger partial charge in [-0.1, -0.05) is 12.6 Å². The van der Waals surface area contributed by atoms with E-state index in [2.05, 4.69) is 17.2 Å². The summed E-state index contributed by atoms with van der Waals surface area (Å²) in [5, 5.41) is 6.50. The zero-order valence-corrected chi connectivity index (χ0v) is 15.4. The molecule has 1 aromatic carbocycles. The Morgan fingerprint density at radius 2 is 1.96 bits per heavy atom. The van der Waals surface area contributed by atoms with Crippen LogP contribution in [0, 0.1) is 5.92 Å². The molecular formula is C18H22N2O4S. The predicted octanol–water partition coefficient (Wildman–Crippen LogP) is 2.45. The van der Waals surface area contributed by atoms with Crippen LogP contribution in [0.3, 0.4) is 0 Å². The van der Waals surface area contributed by atoms with Gasteiger partial charge < -0.3 is 24.8 Å². The van der Waals surface area contributed by atoms with Crippen molar-refractivity contribution in [2.24, 2.45) is 5.92 Å². The lowest BCUT2D eigenvalue weighted by molar-refractivity contribution is -0.159. The lowest BCUT2D eigenvalue weighted by Crippen LogP contribution is -2.51. The molecule has 134 valence electrons. The second-order valence-electron chi connectivity index (χ2n) is 7.02. The van der Waals surface area contributed by atoms with E-state index in [1.54, 1.807) is 0 Å². The summed E-state index contributed by atoms with van der Waals surface area (Å²) in [4.78, 5) is 12.7. The van der Waals surface area contributed by atoms with E-state index in [1.165, 1.54) is 0 Å². The van der Waals surface area contributed by atoms with Crippen LogP contribution in [-0.2, 0) is 9.53 Å². The first-order valence-corrected chi connectivity index (χ1v) is 8.54. The van der Waals surface area contributed by atoms with E-state index in [0.717, 1.165) is 5.56 Å². The van der Waals surface area contributed by atoms with Gasteiger partial charge in [0.15, 0.2) is 16.6 Å². The Morgan fingerprint density at radius 1 is 1.28 bits per heavy atom. The number of ether oxygens (including phenoxy) is 3. The Labute approximate surface area is 152 Å². The van der Waals surface area contributed by atoms with E-state index < -0.39 is 17.6 Å². The molecule has 0 radical (unpaired) electrons. The molecule has 0 bridgehead atoms. The third-order valence-corrected chi connectivity index (χ3v) is 4.08. The largest absolute Gasteiger partial charge is 0.486 e. The number of benzene rings is 1. The number of thiocarbonyl (C=S) groups is 1. The van der Waals surface area contributed by atoms with Crippen molar-refractivity contribution in [3.8, 4) is 11.5 Å². The highest BCUT2D eigenvalue weighted by Gasteiger charge is 2.39. The number of esters is 1. The van der Waals surface area contributed by atoms with Gasteiger partial charge in [-0.3, -0.25) is 4.79 Å². The molecule has 0 spiro atoms. The Hall–Kier alpha value is -2.28. The molecule has 2 atom stereocenters. The summed E-state index contributed by atoms with van der Waals surface area (Å²) in [6.07, 6.45) is 0. The fraction of sp³-hybridized carbons (Fsp3) is 0.444. The first kappa shape index (κ1) is 17.5. The lowest BCUT2D eigenvalue weighted by Gasteiger charge is -2.36. The molecule has 0 saturated carbocycles. The summed E-state index contributed by atoms with van der Waals surface area (Å²) in [5.41, 5.74) is 0.773. The van der Waals surface area contributed by atoms with E-state index >= 15 is 0 Å². The maximum atomic E-state index is 12.7. The molecule has 0 aliphatic carbocycles. The van der Waals surface area contributed by atoms with Gasteiger partial charge in [-0.15, -0.1) is 0 Å². The molecule has 0 aromatic heterocycles. The van der Waals surface area contributed by atoms with Crippen LogP contribution in [-0.4, -0.2) is 29.9 Å². The van der Waals surface area contributed by atoms with E-state index in [0.29, 0.717) is 35.5 Å². The number of fused-ring (bicyclic) bond motifs is 1. The van der Waals surface area contributed by atoms with Gasteiger partial charge in [0.25, 0.3) is 0 Å². The van der Waals surface area contributed by atoms with Gasteiger partial charge in [0.05, 0.1) is 6.04 Å². The fourth-order valence-corrected chi connectivity index (χ4v) is 3.12. The van der Waals surface area contributed by atoms with Gasteiger partial charge in [0.2, 0.25) is 0 Å². The average Bonchev–Trinajstić information content (AvgIpc) is 2.51. The highest BCUT2D eigenvalue weighted by atomic mass is 32.1. The van der Waals surface area contributed by atoms with Crippen LogP contribution in [0.4, 0.5) is 0 Å². The molecule has 2 N–H and O–H groups in total. The Morgan fingerprint density at radius 3 is 2.64 bits per heavy atom. The zero-order chi connectivity index (χ0) is 18.2. The van der Waals surface area contributed by atoms with Crippen LogP contribution in [0.1, 0.15) is 32.4 Å². The van der Waals surface area contributed by atoms with Crippen molar-refractivity contribution in [2.75, 3.05) is 13.2 Å².